The zero-order chi connectivity index (χ0) is 13.0. The maximum absolute atomic E-state index is 11.8. The van der Waals surface area contributed by atoms with Crippen molar-refractivity contribution in [3.63, 3.8) is 0 Å². The SMILES string of the molecule is COC(=O)/C(=C/c1ccc(C)s1)c1ccncc1. The molecule has 0 aliphatic rings. The quantitative estimate of drug-likeness (QED) is 0.628. The fourth-order valence-electron chi connectivity index (χ4n) is 1.57. The summed E-state index contributed by atoms with van der Waals surface area (Å²) < 4.78 is 4.82. The van der Waals surface area contributed by atoms with Crippen LogP contribution in [0.5, 0.6) is 0 Å². The lowest BCUT2D eigenvalue weighted by Crippen LogP contribution is -2.03. The molecule has 0 saturated heterocycles. The van der Waals surface area contributed by atoms with Gasteiger partial charge in [0.15, 0.2) is 0 Å². The Balaban J connectivity index is 2.43. The molecule has 2 aromatic heterocycles. The van der Waals surface area contributed by atoms with E-state index in [1.165, 1.54) is 12.0 Å². The second kappa shape index (κ2) is 5.60. The van der Waals surface area contributed by atoms with Crippen LogP contribution in [-0.2, 0) is 9.53 Å². The van der Waals surface area contributed by atoms with Crippen LogP contribution in [0.25, 0.3) is 11.6 Å². The minimum atomic E-state index is -0.341. The molecule has 0 unspecified atom stereocenters. The Kier molecular flexibility index (Phi) is 3.89. The van der Waals surface area contributed by atoms with Gasteiger partial charge in [0, 0.05) is 22.1 Å². The lowest BCUT2D eigenvalue weighted by atomic mass is 10.1. The van der Waals surface area contributed by atoms with Crippen molar-refractivity contribution >= 4 is 29.0 Å². The number of carbonyl (C=O) groups is 1. The van der Waals surface area contributed by atoms with Gasteiger partial charge in [-0.25, -0.2) is 4.79 Å². The first-order valence-electron chi connectivity index (χ1n) is 5.47. The number of rotatable bonds is 3. The van der Waals surface area contributed by atoms with E-state index in [0.29, 0.717) is 5.57 Å². The van der Waals surface area contributed by atoms with Gasteiger partial charge >= 0.3 is 5.97 Å². The molecule has 3 nitrogen and oxygen atoms in total. The molecule has 0 aliphatic carbocycles. The Bertz CT molecular complexity index is 572. The predicted molar refractivity (Wildman–Crippen MR) is 73.2 cm³/mol. The van der Waals surface area contributed by atoms with Crippen LogP contribution in [0.15, 0.2) is 36.7 Å². The third-order valence-electron chi connectivity index (χ3n) is 2.44. The van der Waals surface area contributed by atoms with Crippen molar-refractivity contribution in [1.82, 2.24) is 4.98 Å². The van der Waals surface area contributed by atoms with Gasteiger partial charge < -0.3 is 4.74 Å². The predicted octanol–water partition coefficient (Wildman–Crippen LogP) is 3.17. The Morgan fingerprint density at radius 1 is 1.28 bits per heavy atom. The molecule has 2 heterocycles. The fourth-order valence-corrected chi connectivity index (χ4v) is 2.40. The number of esters is 1. The molecule has 0 aromatic carbocycles. The van der Waals surface area contributed by atoms with E-state index in [2.05, 4.69) is 4.98 Å². The van der Waals surface area contributed by atoms with Gasteiger partial charge in [0.1, 0.15) is 0 Å². The van der Waals surface area contributed by atoms with Crippen molar-refractivity contribution in [2.24, 2.45) is 0 Å². The Labute approximate surface area is 110 Å². The van der Waals surface area contributed by atoms with Crippen LogP contribution < -0.4 is 0 Å². The van der Waals surface area contributed by atoms with E-state index in [-0.39, 0.29) is 5.97 Å². The number of hydrogen-bond donors (Lipinski definition) is 0. The molecular weight excluding hydrogens is 246 g/mol. The highest BCUT2D eigenvalue weighted by Gasteiger charge is 2.12. The first-order chi connectivity index (χ1) is 8.70. The molecule has 0 atom stereocenters. The molecule has 0 N–H and O–H groups in total. The van der Waals surface area contributed by atoms with Crippen molar-refractivity contribution in [1.29, 1.82) is 0 Å². The Hall–Kier alpha value is -1.94. The van der Waals surface area contributed by atoms with E-state index in [4.69, 9.17) is 4.74 Å². The minimum absolute atomic E-state index is 0.341. The largest absolute Gasteiger partial charge is 0.465 e. The van der Waals surface area contributed by atoms with Gasteiger partial charge in [-0.05, 0) is 42.8 Å². The van der Waals surface area contributed by atoms with Gasteiger partial charge in [-0.1, -0.05) is 0 Å². The zero-order valence-electron chi connectivity index (χ0n) is 10.2. The summed E-state index contributed by atoms with van der Waals surface area (Å²) in [6, 6.07) is 7.61. The summed E-state index contributed by atoms with van der Waals surface area (Å²) in [5.41, 5.74) is 1.35. The van der Waals surface area contributed by atoms with Crippen LogP contribution >= 0.6 is 11.3 Å². The van der Waals surface area contributed by atoms with E-state index in [0.717, 1.165) is 10.4 Å². The molecule has 2 rings (SSSR count). The minimum Gasteiger partial charge on any atom is -0.465 e. The average Bonchev–Trinajstić information content (AvgIpc) is 2.82. The highest BCUT2D eigenvalue weighted by Crippen LogP contribution is 2.23. The molecule has 0 spiro atoms. The second-order valence-corrected chi connectivity index (χ2v) is 5.05. The highest BCUT2D eigenvalue weighted by atomic mass is 32.1. The summed E-state index contributed by atoms with van der Waals surface area (Å²) >= 11 is 1.64. The van der Waals surface area contributed by atoms with Gasteiger partial charge in [0.05, 0.1) is 12.7 Å². The number of pyridine rings is 1. The van der Waals surface area contributed by atoms with Crippen LogP contribution in [0.4, 0.5) is 0 Å². The molecule has 2 aromatic rings. The van der Waals surface area contributed by atoms with Crippen LogP contribution in [0.3, 0.4) is 0 Å². The fraction of sp³-hybridized carbons (Fsp3) is 0.143. The van der Waals surface area contributed by atoms with E-state index < -0.39 is 0 Å². The van der Waals surface area contributed by atoms with Gasteiger partial charge in [-0.3, -0.25) is 4.98 Å². The van der Waals surface area contributed by atoms with E-state index in [9.17, 15) is 4.79 Å². The monoisotopic (exact) mass is 259 g/mol. The third kappa shape index (κ3) is 2.84. The number of carbonyl (C=O) groups excluding carboxylic acids is 1. The van der Waals surface area contributed by atoms with E-state index >= 15 is 0 Å². The summed E-state index contributed by atoms with van der Waals surface area (Å²) in [6.45, 7) is 2.03. The van der Waals surface area contributed by atoms with Gasteiger partial charge in [-0.2, -0.15) is 0 Å². The first-order valence-corrected chi connectivity index (χ1v) is 6.29. The number of thiophene rings is 1. The molecular formula is C14H13NO2S. The maximum atomic E-state index is 11.8. The molecule has 18 heavy (non-hydrogen) atoms. The molecule has 0 aliphatic heterocycles. The molecule has 0 saturated carbocycles. The number of nitrogens with zero attached hydrogens (tertiary/aromatic N) is 1. The summed E-state index contributed by atoms with van der Waals surface area (Å²) in [5.74, 6) is -0.341. The van der Waals surface area contributed by atoms with Crippen LogP contribution in [0.2, 0.25) is 0 Å². The Morgan fingerprint density at radius 2 is 2.00 bits per heavy atom. The van der Waals surface area contributed by atoms with Gasteiger partial charge in [0.25, 0.3) is 0 Å². The van der Waals surface area contributed by atoms with Crippen LogP contribution in [0.1, 0.15) is 15.3 Å². The van der Waals surface area contributed by atoms with Crippen molar-refractivity contribution in [3.05, 3.63) is 52.0 Å². The molecule has 4 heteroatoms. The topological polar surface area (TPSA) is 39.2 Å². The zero-order valence-corrected chi connectivity index (χ0v) is 11.0. The van der Waals surface area contributed by atoms with Crippen molar-refractivity contribution < 1.29 is 9.53 Å². The average molecular weight is 259 g/mol. The highest BCUT2D eigenvalue weighted by molar-refractivity contribution is 7.12. The smallest absolute Gasteiger partial charge is 0.338 e. The summed E-state index contributed by atoms with van der Waals surface area (Å²) in [7, 11) is 1.39. The van der Waals surface area contributed by atoms with Crippen LogP contribution in [0, 0.1) is 6.92 Å². The number of hydrogen-bond acceptors (Lipinski definition) is 4. The summed E-state index contributed by atoms with van der Waals surface area (Å²) in [5, 5.41) is 0. The van der Waals surface area contributed by atoms with Crippen molar-refractivity contribution in [2.75, 3.05) is 7.11 Å². The summed E-state index contributed by atoms with van der Waals surface area (Å²) in [6.07, 6.45) is 5.16. The third-order valence-corrected chi connectivity index (χ3v) is 3.39. The van der Waals surface area contributed by atoms with Crippen molar-refractivity contribution in [3.8, 4) is 0 Å². The number of aryl methyl sites for hydroxylation is 1. The van der Waals surface area contributed by atoms with Crippen molar-refractivity contribution in [2.45, 2.75) is 6.92 Å². The maximum Gasteiger partial charge on any atom is 0.338 e. The standard InChI is InChI=1S/C14H13NO2S/c1-10-3-4-12(18-10)9-13(14(16)17-2)11-5-7-15-8-6-11/h3-9H,1-2H3/b13-9+. The number of ether oxygens (including phenoxy) is 1. The normalized spacial score (nSPS) is 11.3. The van der Waals surface area contributed by atoms with E-state index in [1.807, 2.05) is 25.1 Å². The lowest BCUT2D eigenvalue weighted by Gasteiger charge is -2.04. The molecule has 92 valence electrons. The molecule has 0 amide bonds. The second-order valence-electron chi connectivity index (χ2n) is 3.73. The Morgan fingerprint density at radius 3 is 2.56 bits per heavy atom. The molecule has 0 radical (unpaired) electrons. The van der Waals surface area contributed by atoms with Gasteiger partial charge in [0.2, 0.25) is 0 Å². The summed E-state index contributed by atoms with van der Waals surface area (Å²) in [4.78, 5) is 18.0. The van der Waals surface area contributed by atoms with Gasteiger partial charge in [-0.15, -0.1) is 11.3 Å². The lowest BCUT2D eigenvalue weighted by molar-refractivity contribution is -0.133. The molecule has 0 bridgehead atoms. The number of methoxy groups -OCH3 is 1. The van der Waals surface area contributed by atoms with Crippen LogP contribution in [-0.4, -0.2) is 18.1 Å². The van der Waals surface area contributed by atoms with E-state index in [1.54, 1.807) is 35.9 Å². The molecule has 0 fully saturated rings. The first kappa shape index (κ1) is 12.5. The number of aromatic nitrogens is 1.